The van der Waals surface area contributed by atoms with Gasteiger partial charge in [0.05, 0.1) is 5.69 Å². The smallest absolute Gasteiger partial charge is 0.0510 e. The third-order valence-corrected chi connectivity index (χ3v) is 4.15. The van der Waals surface area contributed by atoms with Crippen LogP contribution in [0.4, 0.5) is 5.69 Å². The van der Waals surface area contributed by atoms with Gasteiger partial charge in [0.1, 0.15) is 0 Å². The van der Waals surface area contributed by atoms with Crippen LogP contribution in [-0.4, -0.2) is 13.1 Å². The maximum Gasteiger partial charge on any atom is 0.0510 e. The second-order valence-electron chi connectivity index (χ2n) is 3.97. The van der Waals surface area contributed by atoms with Gasteiger partial charge in [0.2, 0.25) is 0 Å². The molecule has 1 fully saturated rings. The van der Waals surface area contributed by atoms with Gasteiger partial charge in [-0.2, -0.15) is 0 Å². The molecule has 15 heavy (non-hydrogen) atoms. The van der Waals surface area contributed by atoms with E-state index in [4.69, 9.17) is 0 Å². The van der Waals surface area contributed by atoms with Crippen LogP contribution in [0.2, 0.25) is 0 Å². The van der Waals surface area contributed by atoms with Crippen molar-refractivity contribution in [1.82, 2.24) is 0 Å². The normalized spacial score (nSPS) is 16.8. The molecule has 0 aromatic heterocycles. The third-order valence-electron chi connectivity index (χ3n) is 2.86. The Morgan fingerprint density at radius 3 is 2.47 bits per heavy atom. The summed E-state index contributed by atoms with van der Waals surface area (Å²) in [5.41, 5.74) is 2.67. The molecule has 1 aromatic rings. The van der Waals surface area contributed by atoms with Crippen molar-refractivity contribution in [2.24, 2.45) is 0 Å². The zero-order chi connectivity index (χ0) is 10.7. The van der Waals surface area contributed by atoms with E-state index >= 15 is 0 Å². The van der Waals surface area contributed by atoms with E-state index in [-0.39, 0.29) is 0 Å². The monoisotopic (exact) mass is 331 g/mol. The lowest BCUT2D eigenvalue weighted by molar-refractivity contribution is 0.577. The molecule has 0 aliphatic carbocycles. The molecule has 2 rings (SSSR count). The standard InChI is InChI=1S/C12H15Br2N/c13-9-10-4-5-12(11(14)8-10)15-6-2-1-3-7-15/h4-5,8H,1-3,6-7,9H2. The SMILES string of the molecule is BrCc1ccc(N2CCCCC2)c(Br)c1. The van der Waals surface area contributed by atoms with Crippen molar-refractivity contribution in [3.05, 3.63) is 28.2 Å². The Labute approximate surface area is 108 Å². The van der Waals surface area contributed by atoms with Gasteiger partial charge < -0.3 is 4.90 Å². The van der Waals surface area contributed by atoms with Crippen molar-refractivity contribution in [2.75, 3.05) is 18.0 Å². The number of piperidine rings is 1. The summed E-state index contributed by atoms with van der Waals surface area (Å²) in [6.07, 6.45) is 4.03. The Morgan fingerprint density at radius 2 is 1.87 bits per heavy atom. The second-order valence-corrected chi connectivity index (χ2v) is 5.38. The summed E-state index contributed by atoms with van der Waals surface area (Å²) in [7, 11) is 0. The van der Waals surface area contributed by atoms with Gasteiger partial charge in [-0.15, -0.1) is 0 Å². The summed E-state index contributed by atoms with van der Waals surface area (Å²) in [5.74, 6) is 0. The molecule has 0 bridgehead atoms. The van der Waals surface area contributed by atoms with Gasteiger partial charge in [0.15, 0.2) is 0 Å². The summed E-state index contributed by atoms with van der Waals surface area (Å²) in [5, 5.41) is 0.922. The lowest BCUT2D eigenvalue weighted by Gasteiger charge is -2.29. The predicted molar refractivity (Wildman–Crippen MR) is 72.8 cm³/mol. The molecule has 1 aliphatic rings. The first kappa shape index (κ1) is 11.5. The van der Waals surface area contributed by atoms with Crippen LogP contribution in [0, 0.1) is 0 Å². The molecule has 82 valence electrons. The number of alkyl halides is 1. The second kappa shape index (κ2) is 5.35. The molecule has 0 radical (unpaired) electrons. The summed E-state index contributed by atoms with van der Waals surface area (Å²) < 4.78 is 1.22. The van der Waals surface area contributed by atoms with Gasteiger partial charge in [-0.05, 0) is 52.9 Å². The van der Waals surface area contributed by atoms with Crippen LogP contribution in [-0.2, 0) is 5.33 Å². The van der Waals surface area contributed by atoms with Gasteiger partial charge >= 0.3 is 0 Å². The molecule has 0 N–H and O–H groups in total. The fourth-order valence-electron chi connectivity index (χ4n) is 2.02. The number of halogens is 2. The first-order chi connectivity index (χ1) is 7.31. The summed E-state index contributed by atoms with van der Waals surface area (Å²) >= 11 is 7.14. The first-order valence-corrected chi connectivity index (χ1v) is 7.32. The molecule has 1 heterocycles. The number of benzene rings is 1. The minimum atomic E-state index is 0.922. The van der Waals surface area contributed by atoms with E-state index in [0.29, 0.717) is 0 Å². The Balaban J connectivity index is 2.19. The van der Waals surface area contributed by atoms with Crippen LogP contribution in [0.25, 0.3) is 0 Å². The van der Waals surface area contributed by atoms with Crippen molar-refractivity contribution in [1.29, 1.82) is 0 Å². The van der Waals surface area contributed by atoms with E-state index in [1.54, 1.807) is 0 Å². The largest absolute Gasteiger partial charge is 0.371 e. The van der Waals surface area contributed by atoms with Gasteiger partial charge in [-0.1, -0.05) is 22.0 Å². The number of hydrogen-bond donors (Lipinski definition) is 0. The number of anilines is 1. The molecule has 1 aliphatic heterocycles. The van der Waals surface area contributed by atoms with Crippen molar-refractivity contribution in [3.63, 3.8) is 0 Å². The molecular weight excluding hydrogens is 318 g/mol. The Kier molecular flexibility index (Phi) is 4.09. The van der Waals surface area contributed by atoms with E-state index in [0.717, 1.165) is 5.33 Å². The van der Waals surface area contributed by atoms with Crippen molar-refractivity contribution in [3.8, 4) is 0 Å². The molecule has 0 spiro atoms. The maximum absolute atomic E-state index is 3.66. The van der Waals surface area contributed by atoms with E-state index < -0.39 is 0 Å². The van der Waals surface area contributed by atoms with E-state index in [1.165, 1.54) is 48.1 Å². The fourth-order valence-corrected chi connectivity index (χ4v) is 3.05. The molecule has 3 heteroatoms. The molecular formula is C12H15Br2N. The number of hydrogen-bond acceptors (Lipinski definition) is 1. The van der Waals surface area contributed by atoms with Crippen LogP contribution in [0.3, 0.4) is 0 Å². The Hall–Kier alpha value is -0.0200. The van der Waals surface area contributed by atoms with Crippen molar-refractivity contribution >= 4 is 37.5 Å². The average molecular weight is 333 g/mol. The average Bonchev–Trinajstić information content (AvgIpc) is 2.30. The highest BCUT2D eigenvalue weighted by Crippen LogP contribution is 2.30. The van der Waals surface area contributed by atoms with E-state index in [2.05, 4.69) is 55.0 Å². The topological polar surface area (TPSA) is 3.24 Å². The number of rotatable bonds is 2. The fraction of sp³-hybridized carbons (Fsp3) is 0.500. The predicted octanol–water partition coefficient (Wildman–Crippen LogP) is 4.33. The summed E-state index contributed by atoms with van der Waals surface area (Å²) in [6, 6.07) is 6.63. The molecule has 1 saturated heterocycles. The molecule has 0 unspecified atom stereocenters. The third kappa shape index (κ3) is 2.76. The molecule has 0 atom stereocenters. The lowest BCUT2D eigenvalue weighted by atomic mass is 10.1. The van der Waals surface area contributed by atoms with Crippen LogP contribution in [0.5, 0.6) is 0 Å². The molecule has 0 amide bonds. The summed E-state index contributed by atoms with van der Waals surface area (Å²) in [6.45, 7) is 2.40. The van der Waals surface area contributed by atoms with Gasteiger partial charge in [0, 0.05) is 22.9 Å². The van der Waals surface area contributed by atoms with Gasteiger partial charge in [0.25, 0.3) is 0 Å². The first-order valence-electron chi connectivity index (χ1n) is 5.40. The molecule has 0 saturated carbocycles. The maximum atomic E-state index is 3.66. The van der Waals surface area contributed by atoms with Crippen LogP contribution in [0.1, 0.15) is 24.8 Å². The molecule has 1 nitrogen and oxygen atoms in total. The number of nitrogens with zero attached hydrogens (tertiary/aromatic N) is 1. The highest BCUT2D eigenvalue weighted by atomic mass is 79.9. The zero-order valence-corrected chi connectivity index (χ0v) is 11.8. The van der Waals surface area contributed by atoms with Gasteiger partial charge in [-0.3, -0.25) is 0 Å². The van der Waals surface area contributed by atoms with Crippen LogP contribution in [0.15, 0.2) is 22.7 Å². The minimum absolute atomic E-state index is 0.922. The Morgan fingerprint density at radius 1 is 1.13 bits per heavy atom. The Bertz CT molecular complexity index is 332. The molecule has 1 aromatic carbocycles. The lowest BCUT2D eigenvalue weighted by Crippen LogP contribution is -2.29. The van der Waals surface area contributed by atoms with E-state index in [9.17, 15) is 0 Å². The zero-order valence-electron chi connectivity index (χ0n) is 8.68. The quantitative estimate of drug-likeness (QED) is 0.728. The van der Waals surface area contributed by atoms with Gasteiger partial charge in [-0.25, -0.2) is 0 Å². The van der Waals surface area contributed by atoms with Crippen molar-refractivity contribution in [2.45, 2.75) is 24.6 Å². The minimum Gasteiger partial charge on any atom is -0.371 e. The van der Waals surface area contributed by atoms with Crippen LogP contribution < -0.4 is 4.90 Å². The van der Waals surface area contributed by atoms with Crippen LogP contribution >= 0.6 is 31.9 Å². The highest BCUT2D eigenvalue weighted by Gasteiger charge is 2.13. The summed E-state index contributed by atoms with van der Waals surface area (Å²) in [4.78, 5) is 2.48. The van der Waals surface area contributed by atoms with Crippen molar-refractivity contribution < 1.29 is 0 Å². The highest BCUT2D eigenvalue weighted by molar-refractivity contribution is 9.10. The van der Waals surface area contributed by atoms with E-state index in [1.807, 2.05) is 0 Å².